The molecule has 0 aromatic heterocycles. The van der Waals surface area contributed by atoms with Crippen molar-refractivity contribution >= 4 is 5.97 Å². The summed E-state index contributed by atoms with van der Waals surface area (Å²) in [4.78, 5) is 10.6. The molecule has 1 fully saturated rings. The summed E-state index contributed by atoms with van der Waals surface area (Å²) in [5.74, 6) is 0.335. The molecule has 0 bridgehead atoms. The van der Waals surface area contributed by atoms with E-state index in [0.717, 1.165) is 12.3 Å². The molecule has 12 heavy (non-hydrogen) atoms. The molecule has 1 rings (SSSR count). The molecule has 2 unspecified atom stereocenters. The Kier molecular flexibility index (Phi) is 3.12. The van der Waals surface area contributed by atoms with E-state index in [1.165, 1.54) is 19.3 Å². The number of carboxylic acid groups (broad SMARTS) is 1. The molecule has 0 aliphatic heterocycles. The Bertz CT molecular complexity index is 161. The fraction of sp³-hybridized carbons (Fsp3) is 0.900. The fourth-order valence-corrected chi connectivity index (χ4v) is 1.70. The third-order valence-electron chi connectivity index (χ3n) is 3.17. The number of rotatable bonds is 4. The summed E-state index contributed by atoms with van der Waals surface area (Å²) in [6, 6.07) is 0. The van der Waals surface area contributed by atoms with Crippen molar-refractivity contribution < 1.29 is 9.90 Å². The minimum atomic E-state index is -0.651. The first kappa shape index (κ1) is 9.56. The highest BCUT2D eigenvalue weighted by molar-refractivity contribution is 5.69. The average Bonchev–Trinajstić information content (AvgIpc) is 1.94. The van der Waals surface area contributed by atoms with Crippen LogP contribution in [0, 0.1) is 17.8 Å². The molecule has 1 aliphatic carbocycles. The predicted molar refractivity (Wildman–Crippen MR) is 47.9 cm³/mol. The first-order valence-corrected chi connectivity index (χ1v) is 4.84. The number of hydrogen-bond donors (Lipinski definition) is 1. The molecule has 1 N–H and O–H groups in total. The maximum atomic E-state index is 10.6. The van der Waals surface area contributed by atoms with Crippen LogP contribution in [0.15, 0.2) is 0 Å². The lowest BCUT2D eigenvalue weighted by Gasteiger charge is -2.29. The molecule has 1 aliphatic rings. The van der Waals surface area contributed by atoms with Crippen LogP contribution in [0.25, 0.3) is 0 Å². The van der Waals surface area contributed by atoms with Crippen LogP contribution in [0.4, 0.5) is 0 Å². The molecule has 0 aromatic rings. The van der Waals surface area contributed by atoms with Gasteiger partial charge in [-0.25, -0.2) is 0 Å². The number of carbonyl (C=O) groups is 1. The fourth-order valence-electron chi connectivity index (χ4n) is 1.70. The van der Waals surface area contributed by atoms with Gasteiger partial charge in [0.2, 0.25) is 0 Å². The molecule has 0 aromatic carbocycles. The maximum absolute atomic E-state index is 10.6. The highest BCUT2D eigenvalue weighted by Crippen LogP contribution is 2.34. The van der Waals surface area contributed by atoms with E-state index in [1.807, 2.05) is 6.92 Å². The molecule has 2 heteroatoms. The summed E-state index contributed by atoms with van der Waals surface area (Å²) < 4.78 is 0. The Balaban J connectivity index is 2.25. The van der Waals surface area contributed by atoms with Gasteiger partial charge in [-0.05, 0) is 18.3 Å². The van der Waals surface area contributed by atoms with Crippen molar-refractivity contribution in [2.24, 2.45) is 17.8 Å². The highest BCUT2D eigenvalue weighted by Gasteiger charge is 2.25. The van der Waals surface area contributed by atoms with Crippen LogP contribution < -0.4 is 0 Å². The second kappa shape index (κ2) is 3.92. The van der Waals surface area contributed by atoms with Crippen molar-refractivity contribution in [2.45, 2.75) is 39.5 Å². The molecule has 2 atom stereocenters. The van der Waals surface area contributed by atoms with E-state index in [0.29, 0.717) is 5.92 Å². The first-order chi connectivity index (χ1) is 5.61. The summed E-state index contributed by atoms with van der Waals surface area (Å²) in [6.45, 7) is 3.86. The molecular weight excluding hydrogens is 152 g/mol. The second-order valence-corrected chi connectivity index (χ2v) is 4.14. The standard InChI is InChI=1S/C10H18O2/c1-7(8(2)10(11)12)6-9-4-3-5-9/h7-9H,3-6H2,1-2H3,(H,11,12). The van der Waals surface area contributed by atoms with Crippen LogP contribution >= 0.6 is 0 Å². The lowest BCUT2D eigenvalue weighted by atomic mass is 9.76. The van der Waals surface area contributed by atoms with Gasteiger partial charge in [-0.15, -0.1) is 0 Å². The van der Waals surface area contributed by atoms with E-state index in [-0.39, 0.29) is 5.92 Å². The van der Waals surface area contributed by atoms with Gasteiger partial charge >= 0.3 is 5.97 Å². The van der Waals surface area contributed by atoms with Gasteiger partial charge < -0.3 is 5.11 Å². The normalized spacial score (nSPS) is 22.8. The first-order valence-electron chi connectivity index (χ1n) is 4.84. The largest absolute Gasteiger partial charge is 0.481 e. The zero-order chi connectivity index (χ0) is 9.14. The Hall–Kier alpha value is -0.530. The average molecular weight is 170 g/mol. The molecule has 0 radical (unpaired) electrons. The van der Waals surface area contributed by atoms with Gasteiger partial charge in [0.1, 0.15) is 0 Å². The highest BCUT2D eigenvalue weighted by atomic mass is 16.4. The third-order valence-corrected chi connectivity index (χ3v) is 3.17. The molecule has 0 amide bonds. The minimum Gasteiger partial charge on any atom is -0.481 e. The Morgan fingerprint density at radius 3 is 2.42 bits per heavy atom. The minimum absolute atomic E-state index is 0.175. The quantitative estimate of drug-likeness (QED) is 0.704. The van der Waals surface area contributed by atoms with E-state index in [9.17, 15) is 4.79 Å². The maximum Gasteiger partial charge on any atom is 0.306 e. The van der Waals surface area contributed by atoms with Crippen molar-refractivity contribution in [3.8, 4) is 0 Å². The van der Waals surface area contributed by atoms with E-state index >= 15 is 0 Å². The van der Waals surface area contributed by atoms with E-state index in [4.69, 9.17) is 5.11 Å². The molecule has 0 heterocycles. The van der Waals surface area contributed by atoms with Gasteiger partial charge in [-0.3, -0.25) is 4.79 Å². The van der Waals surface area contributed by atoms with Crippen LogP contribution in [0.1, 0.15) is 39.5 Å². The van der Waals surface area contributed by atoms with Crippen LogP contribution in [-0.2, 0) is 4.79 Å². The molecule has 0 saturated heterocycles. The number of hydrogen-bond acceptors (Lipinski definition) is 1. The van der Waals surface area contributed by atoms with Gasteiger partial charge in [-0.1, -0.05) is 33.1 Å². The van der Waals surface area contributed by atoms with Gasteiger partial charge in [0.15, 0.2) is 0 Å². The van der Waals surface area contributed by atoms with Gasteiger partial charge in [0.05, 0.1) is 5.92 Å². The number of carboxylic acids is 1. The smallest absolute Gasteiger partial charge is 0.306 e. The van der Waals surface area contributed by atoms with E-state index in [1.54, 1.807) is 0 Å². The van der Waals surface area contributed by atoms with Crippen molar-refractivity contribution in [3.05, 3.63) is 0 Å². The molecule has 2 nitrogen and oxygen atoms in total. The summed E-state index contributed by atoms with van der Waals surface area (Å²) in [5, 5.41) is 8.76. The topological polar surface area (TPSA) is 37.3 Å². The third kappa shape index (κ3) is 2.23. The van der Waals surface area contributed by atoms with Crippen LogP contribution in [0.5, 0.6) is 0 Å². The number of aliphatic carboxylic acids is 1. The molecule has 1 saturated carbocycles. The van der Waals surface area contributed by atoms with Gasteiger partial charge in [0, 0.05) is 0 Å². The lowest BCUT2D eigenvalue weighted by molar-refractivity contribution is -0.143. The summed E-state index contributed by atoms with van der Waals surface area (Å²) in [5.41, 5.74) is 0. The summed E-state index contributed by atoms with van der Waals surface area (Å²) in [7, 11) is 0. The van der Waals surface area contributed by atoms with E-state index in [2.05, 4.69) is 6.92 Å². The van der Waals surface area contributed by atoms with Crippen molar-refractivity contribution in [1.82, 2.24) is 0 Å². The molecule has 70 valence electrons. The Morgan fingerprint density at radius 1 is 1.50 bits per heavy atom. The summed E-state index contributed by atoms with van der Waals surface area (Å²) in [6.07, 6.45) is 5.08. The second-order valence-electron chi connectivity index (χ2n) is 4.14. The monoisotopic (exact) mass is 170 g/mol. The zero-order valence-electron chi connectivity index (χ0n) is 7.92. The SMILES string of the molecule is CC(CC1CCC1)C(C)C(=O)O. The summed E-state index contributed by atoms with van der Waals surface area (Å²) >= 11 is 0. The van der Waals surface area contributed by atoms with Crippen molar-refractivity contribution in [3.63, 3.8) is 0 Å². The predicted octanol–water partition coefficient (Wildman–Crippen LogP) is 2.53. The van der Waals surface area contributed by atoms with Crippen LogP contribution in [0.3, 0.4) is 0 Å². The van der Waals surface area contributed by atoms with Crippen molar-refractivity contribution in [2.75, 3.05) is 0 Å². The molecular formula is C10H18O2. The van der Waals surface area contributed by atoms with Gasteiger partial charge in [0.25, 0.3) is 0 Å². The molecule has 0 spiro atoms. The van der Waals surface area contributed by atoms with Gasteiger partial charge in [-0.2, -0.15) is 0 Å². The van der Waals surface area contributed by atoms with E-state index < -0.39 is 5.97 Å². The zero-order valence-corrected chi connectivity index (χ0v) is 7.92. The Labute approximate surface area is 74.0 Å². The lowest BCUT2D eigenvalue weighted by Crippen LogP contribution is -2.23. The van der Waals surface area contributed by atoms with Crippen LogP contribution in [-0.4, -0.2) is 11.1 Å². The Morgan fingerprint density at radius 2 is 2.08 bits per heavy atom. The van der Waals surface area contributed by atoms with Crippen LogP contribution in [0.2, 0.25) is 0 Å². The van der Waals surface area contributed by atoms with Crippen molar-refractivity contribution in [1.29, 1.82) is 0 Å².